The molecule has 110 valence electrons. The van der Waals surface area contributed by atoms with Crippen LogP contribution >= 0.6 is 0 Å². The number of benzene rings is 1. The van der Waals surface area contributed by atoms with Gasteiger partial charge >= 0.3 is 5.97 Å². The summed E-state index contributed by atoms with van der Waals surface area (Å²) in [6.07, 6.45) is 2.81. The SMILES string of the molecule is COC(=O)C1CCN(c2ncnc3c(F)cccc23)CC1. The van der Waals surface area contributed by atoms with Crippen LogP contribution in [0, 0.1) is 11.7 Å². The molecule has 6 heteroatoms. The second-order valence-electron chi connectivity index (χ2n) is 5.12. The Morgan fingerprint density at radius 1 is 1.33 bits per heavy atom. The molecule has 0 aliphatic carbocycles. The maximum absolute atomic E-state index is 13.8. The number of nitrogens with zero attached hydrogens (tertiary/aromatic N) is 3. The van der Waals surface area contributed by atoms with Gasteiger partial charge in [-0.25, -0.2) is 14.4 Å². The molecular weight excluding hydrogens is 273 g/mol. The third kappa shape index (κ3) is 2.53. The number of hydrogen-bond acceptors (Lipinski definition) is 5. The lowest BCUT2D eigenvalue weighted by atomic mass is 9.97. The Morgan fingerprint density at radius 3 is 2.81 bits per heavy atom. The fourth-order valence-electron chi connectivity index (χ4n) is 2.78. The number of halogens is 1. The number of carbonyl (C=O) groups excluding carboxylic acids is 1. The highest BCUT2D eigenvalue weighted by Crippen LogP contribution is 2.28. The molecule has 0 unspecified atom stereocenters. The van der Waals surface area contributed by atoms with E-state index in [1.165, 1.54) is 19.5 Å². The van der Waals surface area contributed by atoms with E-state index in [1.54, 1.807) is 6.07 Å². The van der Waals surface area contributed by atoms with Crippen LogP contribution in [0.15, 0.2) is 24.5 Å². The zero-order valence-electron chi connectivity index (χ0n) is 11.8. The summed E-state index contributed by atoms with van der Waals surface area (Å²) in [5.41, 5.74) is 0.331. The van der Waals surface area contributed by atoms with Crippen molar-refractivity contribution in [1.82, 2.24) is 9.97 Å². The Bertz CT molecular complexity index is 669. The van der Waals surface area contributed by atoms with Crippen molar-refractivity contribution in [3.63, 3.8) is 0 Å². The van der Waals surface area contributed by atoms with Crippen LogP contribution in [0.5, 0.6) is 0 Å². The number of fused-ring (bicyclic) bond motifs is 1. The zero-order valence-corrected chi connectivity index (χ0v) is 11.8. The van der Waals surface area contributed by atoms with E-state index in [0.29, 0.717) is 36.8 Å². The van der Waals surface area contributed by atoms with Gasteiger partial charge in [-0.3, -0.25) is 4.79 Å². The Morgan fingerprint density at radius 2 is 2.10 bits per heavy atom. The second kappa shape index (κ2) is 5.63. The Labute approximate surface area is 121 Å². The summed E-state index contributed by atoms with van der Waals surface area (Å²) in [7, 11) is 1.41. The topological polar surface area (TPSA) is 55.3 Å². The van der Waals surface area contributed by atoms with Gasteiger partial charge < -0.3 is 9.64 Å². The van der Waals surface area contributed by atoms with Gasteiger partial charge in [-0.05, 0) is 25.0 Å². The summed E-state index contributed by atoms with van der Waals surface area (Å²) < 4.78 is 18.6. The summed E-state index contributed by atoms with van der Waals surface area (Å²) >= 11 is 0. The van der Waals surface area contributed by atoms with E-state index in [0.717, 1.165) is 5.82 Å². The number of aromatic nitrogens is 2. The van der Waals surface area contributed by atoms with Crippen LogP contribution in [0.3, 0.4) is 0 Å². The van der Waals surface area contributed by atoms with Crippen LogP contribution in [0.1, 0.15) is 12.8 Å². The van der Waals surface area contributed by atoms with Crippen LogP contribution in [0.4, 0.5) is 10.2 Å². The van der Waals surface area contributed by atoms with Gasteiger partial charge in [0.1, 0.15) is 23.5 Å². The molecule has 1 aliphatic rings. The second-order valence-corrected chi connectivity index (χ2v) is 5.12. The van der Waals surface area contributed by atoms with Gasteiger partial charge in [-0.15, -0.1) is 0 Å². The lowest BCUT2D eigenvalue weighted by Gasteiger charge is -2.32. The standard InChI is InChI=1S/C15H16FN3O2/c1-21-15(20)10-5-7-19(8-6-10)14-11-3-2-4-12(16)13(11)17-9-18-14/h2-4,9-10H,5-8H2,1H3. The van der Waals surface area contributed by atoms with Crippen molar-refractivity contribution in [3.8, 4) is 0 Å². The molecule has 0 amide bonds. The molecule has 0 radical (unpaired) electrons. The smallest absolute Gasteiger partial charge is 0.308 e. The van der Waals surface area contributed by atoms with Crippen LogP contribution in [0.2, 0.25) is 0 Å². The average molecular weight is 289 g/mol. The number of ether oxygens (including phenoxy) is 1. The van der Waals surface area contributed by atoms with Crippen molar-refractivity contribution in [3.05, 3.63) is 30.3 Å². The van der Waals surface area contributed by atoms with Crippen LogP contribution in [-0.4, -0.2) is 36.1 Å². The van der Waals surface area contributed by atoms with E-state index in [4.69, 9.17) is 4.74 Å². The van der Waals surface area contributed by atoms with Crippen molar-refractivity contribution in [2.75, 3.05) is 25.1 Å². The largest absolute Gasteiger partial charge is 0.469 e. The van der Waals surface area contributed by atoms with E-state index in [9.17, 15) is 9.18 Å². The number of methoxy groups -OCH3 is 1. The summed E-state index contributed by atoms with van der Waals surface area (Å²) in [6.45, 7) is 1.39. The Balaban J connectivity index is 1.86. The molecule has 2 aromatic rings. The Hall–Kier alpha value is -2.24. The first-order valence-corrected chi connectivity index (χ1v) is 6.92. The third-order valence-corrected chi connectivity index (χ3v) is 3.92. The van der Waals surface area contributed by atoms with Gasteiger partial charge in [0.05, 0.1) is 13.0 Å². The van der Waals surface area contributed by atoms with Crippen molar-refractivity contribution in [1.29, 1.82) is 0 Å². The molecule has 0 bridgehead atoms. The number of carbonyl (C=O) groups is 1. The molecule has 21 heavy (non-hydrogen) atoms. The first-order valence-electron chi connectivity index (χ1n) is 6.92. The highest BCUT2D eigenvalue weighted by atomic mass is 19.1. The molecule has 1 aromatic carbocycles. The minimum atomic E-state index is -0.347. The monoisotopic (exact) mass is 289 g/mol. The molecule has 1 aliphatic heterocycles. The maximum atomic E-state index is 13.8. The van der Waals surface area contributed by atoms with Crippen molar-refractivity contribution in [2.45, 2.75) is 12.8 Å². The van der Waals surface area contributed by atoms with Crippen molar-refractivity contribution < 1.29 is 13.9 Å². The average Bonchev–Trinajstić information content (AvgIpc) is 2.54. The number of anilines is 1. The minimum Gasteiger partial charge on any atom is -0.469 e. The minimum absolute atomic E-state index is 0.0592. The van der Waals surface area contributed by atoms with E-state index >= 15 is 0 Å². The highest BCUT2D eigenvalue weighted by Gasteiger charge is 2.27. The maximum Gasteiger partial charge on any atom is 0.308 e. The molecular formula is C15H16FN3O2. The zero-order chi connectivity index (χ0) is 14.8. The first kappa shape index (κ1) is 13.7. The van der Waals surface area contributed by atoms with Crippen molar-refractivity contribution in [2.24, 2.45) is 5.92 Å². The van der Waals surface area contributed by atoms with Gasteiger partial charge in [0.2, 0.25) is 0 Å². The number of piperidine rings is 1. The Kier molecular flexibility index (Phi) is 3.68. The summed E-state index contributed by atoms with van der Waals surface area (Å²) in [6, 6.07) is 4.87. The highest BCUT2D eigenvalue weighted by molar-refractivity contribution is 5.89. The molecule has 0 spiro atoms. The third-order valence-electron chi connectivity index (χ3n) is 3.92. The fourth-order valence-corrected chi connectivity index (χ4v) is 2.78. The molecule has 1 saturated heterocycles. The number of para-hydroxylation sites is 1. The van der Waals surface area contributed by atoms with Crippen LogP contribution < -0.4 is 4.90 Å². The van der Waals surface area contributed by atoms with E-state index < -0.39 is 0 Å². The molecule has 0 atom stereocenters. The molecule has 2 heterocycles. The van der Waals surface area contributed by atoms with Gasteiger partial charge in [0.25, 0.3) is 0 Å². The normalized spacial score (nSPS) is 16.2. The van der Waals surface area contributed by atoms with Gasteiger partial charge in [-0.2, -0.15) is 0 Å². The molecule has 0 N–H and O–H groups in total. The predicted octanol–water partition coefficient (Wildman–Crippen LogP) is 2.16. The van der Waals surface area contributed by atoms with Gasteiger partial charge in [-0.1, -0.05) is 6.07 Å². The van der Waals surface area contributed by atoms with E-state index in [2.05, 4.69) is 14.9 Å². The number of esters is 1. The van der Waals surface area contributed by atoms with E-state index in [-0.39, 0.29) is 17.7 Å². The van der Waals surface area contributed by atoms with Crippen molar-refractivity contribution >= 4 is 22.7 Å². The molecule has 0 saturated carbocycles. The summed E-state index contributed by atoms with van der Waals surface area (Å²) in [4.78, 5) is 21.9. The molecule has 3 rings (SSSR count). The molecule has 1 aromatic heterocycles. The molecule has 5 nitrogen and oxygen atoms in total. The number of hydrogen-bond donors (Lipinski definition) is 0. The predicted molar refractivity (Wildman–Crippen MR) is 76.4 cm³/mol. The van der Waals surface area contributed by atoms with Gasteiger partial charge in [0, 0.05) is 18.5 Å². The van der Waals surface area contributed by atoms with Gasteiger partial charge in [0.15, 0.2) is 0 Å². The lowest BCUT2D eigenvalue weighted by Crippen LogP contribution is -2.37. The first-order chi connectivity index (χ1) is 10.2. The summed E-state index contributed by atoms with van der Waals surface area (Å²) in [5.74, 6) is 0.160. The lowest BCUT2D eigenvalue weighted by molar-refractivity contribution is -0.146. The van der Waals surface area contributed by atoms with E-state index in [1.807, 2.05) is 6.07 Å². The molecule has 1 fully saturated rings. The summed E-state index contributed by atoms with van der Waals surface area (Å²) in [5, 5.41) is 0.703. The van der Waals surface area contributed by atoms with Crippen LogP contribution in [0.25, 0.3) is 10.9 Å². The fraction of sp³-hybridized carbons (Fsp3) is 0.400. The quantitative estimate of drug-likeness (QED) is 0.793. The number of rotatable bonds is 2. The van der Waals surface area contributed by atoms with Crippen LogP contribution in [-0.2, 0) is 9.53 Å².